The predicted octanol–water partition coefficient (Wildman–Crippen LogP) is 5.35. The summed E-state index contributed by atoms with van der Waals surface area (Å²) in [5.41, 5.74) is 6.06. The molecule has 4 nitrogen and oxygen atoms in total. The lowest BCUT2D eigenvalue weighted by molar-refractivity contribution is -0.137. The van der Waals surface area contributed by atoms with Crippen LogP contribution >= 0.6 is 35.4 Å². The summed E-state index contributed by atoms with van der Waals surface area (Å²) in [6.45, 7) is 3.72. The predicted molar refractivity (Wildman–Crippen MR) is 94.7 cm³/mol. The third-order valence-electron chi connectivity index (χ3n) is 3.44. The third kappa shape index (κ3) is 4.19. The van der Waals surface area contributed by atoms with E-state index >= 15 is 0 Å². The van der Waals surface area contributed by atoms with Gasteiger partial charge >= 0.3 is 6.18 Å². The van der Waals surface area contributed by atoms with E-state index in [1.165, 1.54) is 4.68 Å². The highest BCUT2D eigenvalue weighted by atomic mass is 35.5. The van der Waals surface area contributed by atoms with Crippen molar-refractivity contribution in [1.82, 2.24) is 9.78 Å². The van der Waals surface area contributed by atoms with Crippen molar-refractivity contribution >= 4 is 40.5 Å². The highest BCUT2D eigenvalue weighted by Gasteiger charge is 2.32. The number of hydrogen-bond donors (Lipinski definition) is 1. The summed E-state index contributed by atoms with van der Waals surface area (Å²) < 4.78 is 45.4. The van der Waals surface area contributed by atoms with Crippen LogP contribution in [0.5, 0.6) is 11.6 Å². The first-order chi connectivity index (χ1) is 11.6. The van der Waals surface area contributed by atoms with Crippen LogP contribution in [0.3, 0.4) is 0 Å². The largest absolute Gasteiger partial charge is 0.434 e. The molecular formula is C15H14Cl2F3N3OS. The molecule has 10 heteroatoms. The van der Waals surface area contributed by atoms with Crippen LogP contribution in [0.1, 0.15) is 30.2 Å². The van der Waals surface area contributed by atoms with Gasteiger partial charge in [0.1, 0.15) is 0 Å². The zero-order valence-corrected chi connectivity index (χ0v) is 15.6. The molecule has 1 aromatic carbocycles. The molecule has 0 fully saturated rings. The van der Waals surface area contributed by atoms with E-state index in [4.69, 9.17) is 45.9 Å². The number of nitrogens with zero attached hydrogens (tertiary/aromatic N) is 2. The Morgan fingerprint density at radius 2 is 1.88 bits per heavy atom. The summed E-state index contributed by atoms with van der Waals surface area (Å²) in [6.07, 6.45) is -3.17. The molecule has 0 saturated carbocycles. The van der Waals surface area contributed by atoms with Gasteiger partial charge in [-0.05, 0) is 37.7 Å². The van der Waals surface area contributed by atoms with Crippen molar-refractivity contribution in [3.05, 3.63) is 39.0 Å². The van der Waals surface area contributed by atoms with Crippen LogP contribution in [0.15, 0.2) is 12.1 Å². The minimum atomic E-state index is -4.57. The van der Waals surface area contributed by atoms with Crippen LogP contribution < -0.4 is 10.5 Å². The Morgan fingerprint density at radius 1 is 1.32 bits per heavy atom. The van der Waals surface area contributed by atoms with E-state index in [9.17, 15) is 13.2 Å². The average molecular weight is 412 g/mol. The Labute approximate surface area is 157 Å². The number of benzene rings is 1. The highest BCUT2D eigenvalue weighted by Crippen LogP contribution is 2.42. The first-order valence-electron chi connectivity index (χ1n) is 7.18. The Kier molecular flexibility index (Phi) is 5.86. The third-order valence-corrected chi connectivity index (χ3v) is 4.17. The zero-order valence-electron chi connectivity index (χ0n) is 13.2. The number of ether oxygens (including phenoxy) is 1. The topological polar surface area (TPSA) is 53.1 Å². The fraction of sp³-hybridized carbons (Fsp3) is 0.333. The van der Waals surface area contributed by atoms with E-state index in [-0.39, 0.29) is 26.8 Å². The minimum absolute atomic E-state index is 0.0225. The summed E-state index contributed by atoms with van der Waals surface area (Å²) in [4.78, 5) is 0. The Morgan fingerprint density at radius 3 is 2.32 bits per heavy atom. The number of thiocarbonyl (C=S) groups is 1. The van der Waals surface area contributed by atoms with Gasteiger partial charge in [0.2, 0.25) is 5.88 Å². The van der Waals surface area contributed by atoms with Gasteiger partial charge in [0.25, 0.3) is 0 Å². The Hall–Kier alpha value is -1.51. The fourth-order valence-electron chi connectivity index (χ4n) is 2.26. The molecule has 0 aliphatic heterocycles. The number of aromatic nitrogens is 2. The van der Waals surface area contributed by atoms with Gasteiger partial charge in [-0.3, -0.25) is 0 Å². The summed E-state index contributed by atoms with van der Waals surface area (Å²) >= 11 is 16.8. The van der Waals surface area contributed by atoms with Gasteiger partial charge in [-0.1, -0.05) is 36.5 Å². The average Bonchev–Trinajstić information content (AvgIpc) is 2.79. The van der Waals surface area contributed by atoms with Gasteiger partial charge in [-0.25, -0.2) is 4.68 Å². The molecule has 136 valence electrons. The molecule has 0 radical (unpaired) electrons. The monoisotopic (exact) mass is 411 g/mol. The maximum absolute atomic E-state index is 12.8. The lowest BCUT2D eigenvalue weighted by atomic mass is 10.1. The van der Waals surface area contributed by atoms with Crippen LogP contribution in [-0.4, -0.2) is 14.9 Å². The summed E-state index contributed by atoms with van der Waals surface area (Å²) in [7, 11) is 0. The molecule has 2 rings (SSSR count). The van der Waals surface area contributed by atoms with Gasteiger partial charge in [0, 0.05) is 5.56 Å². The standard InChI is InChI=1S/C15H14Cl2F3N3OS/c1-3-4-9-7(2)23(14(21)25)22-13(9)24-12-10(16)5-8(6-11(12)17)15(18,19)20/h5-6H,3-4H2,1-2H3,(H2,21,25). The van der Waals surface area contributed by atoms with Gasteiger partial charge < -0.3 is 10.5 Å². The van der Waals surface area contributed by atoms with Gasteiger partial charge in [-0.15, -0.1) is 5.10 Å². The molecule has 0 aliphatic rings. The molecule has 0 spiro atoms. The van der Waals surface area contributed by atoms with Crippen LogP contribution in [0.25, 0.3) is 0 Å². The summed E-state index contributed by atoms with van der Waals surface area (Å²) in [5, 5.41) is 3.64. The van der Waals surface area contributed by atoms with E-state index in [2.05, 4.69) is 5.10 Å². The smallest absolute Gasteiger partial charge is 0.416 e. The zero-order chi connectivity index (χ0) is 18.9. The molecule has 1 aromatic heterocycles. The van der Waals surface area contributed by atoms with Gasteiger partial charge in [-0.2, -0.15) is 13.2 Å². The van der Waals surface area contributed by atoms with Gasteiger partial charge in [0.15, 0.2) is 10.9 Å². The van der Waals surface area contributed by atoms with E-state index < -0.39 is 11.7 Å². The molecule has 0 amide bonds. The van der Waals surface area contributed by atoms with Crippen molar-refractivity contribution in [1.29, 1.82) is 0 Å². The molecule has 2 N–H and O–H groups in total. The molecule has 25 heavy (non-hydrogen) atoms. The number of nitrogens with two attached hydrogens (primary N) is 1. The number of alkyl halides is 3. The fourth-order valence-corrected chi connectivity index (χ4v) is 3.00. The van der Waals surface area contributed by atoms with Crippen molar-refractivity contribution in [3.8, 4) is 11.6 Å². The molecule has 0 saturated heterocycles. The molecular weight excluding hydrogens is 398 g/mol. The Bertz CT molecular complexity index is 798. The maximum atomic E-state index is 12.8. The summed E-state index contributed by atoms with van der Waals surface area (Å²) in [5.74, 6) is 0.0389. The van der Waals surface area contributed by atoms with Crippen LogP contribution in [-0.2, 0) is 12.6 Å². The number of halogens is 5. The maximum Gasteiger partial charge on any atom is 0.416 e. The molecule has 0 atom stereocenters. The van der Waals surface area contributed by atoms with E-state index in [1.807, 2.05) is 6.92 Å². The van der Waals surface area contributed by atoms with Crippen LogP contribution in [0.2, 0.25) is 10.0 Å². The second-order valence-electron chi connectivity index (χ2n) is 5.24. The van der Waals surface area contributed by atoms with Crippen molar-refractivity contribution in [2.75, 3.05) is 0 Å². The van der Waals surface area contributed by atoms with Crippen molar-refractivity contribution in [2.45, 2.75) is 32.9 Å². The first-order valence-corrected chi connectivity index (χ1v) is 8.35. The number of hydrogen-bond acceptors (Lipinski definition) is 3. The Balaban J connectivity index is 2.50. The lowest BCUT2D eigenvalue weighted by Gasteiger charge is -2.12. The van der Waals surface area contributed by atoms with Crippen molar-refractivity contribution in [3.63, 3.8) is 0 Å². The van der Waals surface area contributed by atoms with E-state index in [1.54, 1.807) is 6.92 Å². The second kappa shape index (κ2) is 7.39. The van der Waals surface area contributed by atoms with Crippen LogP contribution in [0, 0.1) is 6.92 Å². The first kappa shape index (κ1) is 19.8. The van der Waals surface area contributed by atoms with E-state index in [0.717, 1.165) is 24.1 Å². The highest BCUT2D eigenvalue weighted by molar-refractivity contribution is 7.80. The molecule has 2 aromatic rings. The van der Waals surface area contributed by atoms with E-state index in [0.29, 0.717) is 12.1 Å². The van der Waals surface area contributed by atoms with Crippen molar-refractivity contribution in [2.24, 2.45) is 5.73 Å². The van der Waals surface area contributed by atoms with Crippen molar-refractivity contribution < 1.29 is 17.9 Å². The molecule has 0 aliphatic carbocycles. The molecule has 0 unspecified atom stereocenters. The number of rotatable bonds is 4. The van der Waals surface area contributed by atoms with Gasteiger partial charge in [0.05, 0.1) is 21.3 Å². The lowest BCUT2D eigenvalue weighted by Crippen LogP contribution is -2.21. The summed E-state index contributed by atoms with van der Waals surface area (Å²) in [6, 6.07) is 1.50. The van der Waals surface area contributed by atoms with Crippen LogP contribution in [0.4, 0.5) is 13.2 Å². The quantitative estimate of drug-likeness (QED) is 0.688. The minimum Gasteiger partial charge on any atom is -0.434 e. The SMILES string of the molecule is CCCc1c(Oc2c(Cl)cc(C(F)(F)F)cc2Cl)nn(C(N)=S)c1C. The second-order valence-corrected chi connectivity index (χ2v) is 6.47. The molecule has 0 bridgehead atoms. The molecule has 1 heterocycles. The normalized spacial score (nSPS) is 11.6.